The number of phenolic OH excluding ortho intramolecular Hbond substituents is 1. The summed E-state index contributed by atoms with van der Waals surface area (Å²) in [5, 5.41) is 13.6. The number of benzene rings is 1. The summed E-state index contributed by atoms with van der Waals surface area (Å²) < 4.78 is 5.46. The van der Waals surface area contributed by atoms with Crippen molar-refractivity contribution in [1.29, 1.82) is 0 Å². The number of hydrogen-bond acceptors (Lipinski definition) is 4. The lowest BCUT2D eigenvalue weighted by Crippen LogP contribution is -2.44. The third kappa shape index (κ3) is 3.64. The summed E-state index contributed by atoms with van der Waals surface area (Å²) in [7, 11) is 2.00. The zero-order valence-electron chi connectivity index (χ0n) is 12.6. The normalized spacial score (nSPS) is 20.0. The van der Waals surface area contributed by atoms with E-state index in [0.717, 1.165) is 25.2 Å². The average Bonchev–Trinajstić information content (AvgIpc) is 2.46. The van der Waals surface area contributed by atoms with Gasteiger partial charge in [0, 0.05) is 24.7 Å². The molecule has 20 heavy (non-hydrogen) atoms. The van der Waals surface area contributed by atoms with Gasteiger partial charge in [0.05, 0.1) is 6.61 Å². The fraction of sp³-hybridized carbons (Fsp3) is 0.625. The van der Waals surface area contributed by atoms with Gasteiger partial charge in [-0.15, -0.1) is 0 Å². The number of hydrogen-bond donors (Lipinski definition) is 2. The molecule has 4 heteroatoms. The van der Waals surface area contributed by atoms with Crippen molar-refractivity contribution < 1.29 is 9.84 Å². The van der Waals surface area contributed by atoms with Crippen molar-refractivity contribution in [3.8, 4) is 11.5 Å². The number of rotatable bonds is 6. The summed E-state index contributed by atoms with van der Waals surface area (Å²) in [5.41, 5.74) is 0.957. The molecule has 1 unspecified atom stereocenters. The second kappa shape index (κ2) is 7.50. The van der Waals surface area contributed by atoms with Crippen molar-refractivity contribution in [2.45, 2.75) is 38.8 Å². The number of para-hydroxylation sites is 1. The van der Waals surface area contributed by atoms with Crippen molar-refractivity contribution >= 4 is 0 Å². The van der Waals surface area contributed by atoms with Gasteiger partial charge in [-0.2, -0.15) is 0 Å². The van der Waals surface area contributed by atoms with Crippen LogP contribution in [-0.2, 0) is 6.54 Å². The highest BCUT2D eigenvalue weighted by molar-refractivity contribution is 5.45. The first-order valence-corrected chi connectivity index (χ1v) is 7.58. The first-order valence-electron chi connectivity index (χ1n) is 7.58. The molecule has 2 rings (SSSR count). The van der Waals surface area contributed by atoms with Gasteiger partial charge in [0.1, 0.15) is 0 Å². The Kier molecular flexibility index (Phi) is 5.68. The number of piperidine rings is 1. The van der Waals surface area contributed by atoms with Gasteiger partial charge in [-0.25, -0.2) is 0 Å². The first-order chi connectivity index (χ1) is 9.76. The highest BCUT2D eigenvalue weighted by Gasteiger charge is 2.23. The van der Waals surface area contributed by atoms with Crippen LogP contribution in [0.4, 0.5) is 0 Å². The topological polar surface area (TPSA) is 44.7 Å². The standard InChI is InChI=1S/C16H26N2O2/c1-3-20-15-9-6-7-13(16(15)19)12-18-10-5-4-8-14(18)11-17-2/h6-7,9,14,17,19H,3-5,8,10-12H2,1-2H3. The molecule has 2 N–H and O–H groups in total. The molecule has 1 saturated heterocycles. The monoisotopic (exact) mass is 278 g/mol. The Morgan fingerprint density at radius 1 is 1.40 bits per heavy atom. The van der Waals surface area contributed by atoms with Gasteiger partial charge in [-0.3, -0.25) is 4.90 Å². The molecule has 1 aliphatic heterocycles. The quantitative estimate of drug-likeness (QED) is 0.838. The van der Waals surface area contributed by atoms with Crippen LogP contribution >= 0.6 is 0 Å². The van der Waals surface area contributed by atoms with Crippen molar-refractivity contribution in [2.75, 3.05) is 26.7 Å². The third-order valence-electron chi connectivity index (χ3n) is 3.94. The number of aromatic hydroxyl groups is 1. The van der Waals surface area contributed by atoms with E-state index >= 15 is 0 Å². The van der Waals surface area contributed by atoms with Crippen molar-refractivity contribution in [1.82, 2.24) is 10.2 Å². The van der Waals surface area contributed by atoms with E-state index in [1.54, 1.807) is 0 Å². The summed E-state index contributed by atoms with van der Waals surface area (Å²) in [6, 6.07) is 6.33. The summed E-state index contributed by atoms with van der Waals surface area (Å²) in [6.45, 7) is 5.40. The molecular weight excluding hydrogens is 252 g/mol. The Bertz CT molecular complexity index is 421. The van der Waals surface area contributed by atoms with Crippen LogP contribution in [0, 0.1) is 0 Å². The Balaban J connectivity index is 2.09. The van der Waals surface area contributed by atoms with E-state index < -0.39 is 0 Å². The van der Waals surface area contributed by atoms with Gasteiger partial charge in [0.15, 0.2) is 11.5 Å². The maximum atomic E-state index is 10.3. The SMILES string of the molecule is CCOc1cccc(CN2CCCCC2CNC)c1O. The minimum Gasteiger partial charge on any atom is -0.504 e. The molecule has 0 spiro atoms. The molecule has 1 atom stereocenters. The maximum Gasteiger partial charge on any atom is 0.162 e. The number of likely N-dealkylation sites (tertiary alicyclic amines) is 1. The lowest BCUT2D eigenvalue weighted by molar-refractivity contribution is 0.138. The van der Waals surface area contributed by atoms with Gasteiger partial charge < -0.3 is 15.2 Å². The number of nitrogens with zero attached hydrogens (tertiary/aromatic N) is 1. The number of ether oxygens (including phenoxy) is 1. The highest BCUT2D eigenvalue weighted by atomic mass is 16.5. The van der Waals surface area contributed by atoms with E-state index in [1.165, 1.54) is 19.3 Å². The fourth-order valence-corrected chi connectivity index (χ4v) is 2.92. The number of nitrogens with one attached hydrogen (secondary N) is 1. The van der Waals surface area contributed by atoms with Crippen LogP contribution in [0.25, 0.3) is 0 Å². The van der Waals surface area contributed by atoms with Gasteiger partial charge in [0.25, 0.3) is 0 Å². The fourth-order valence-electron chi connectivity index (χ4n) is 2.92. The molecule has 0 aliphatic carbocycles. The van der Waals surface area contributed by atoms with E-state index in [9.17, 15) is 5.11 Å². The van der Waals surface area contributed by atoms with E-state index in [1.807, 2.05) is 32.2 Å². The second-order valence-electron chi connectivity index (χ2n) is 5.37. The zero-order valence-corrected chi connectivity index (χ0v) is 12.6. The molecule has 1 fully saturated rings. The molecule has 4 nitrogen and oxygen atoms in total. The van der Waals surface area contributed by atoms with Gasteiger partial charge in [-0.05, 0) is 39.4 Å². The predicted molar refractivity (Wildman–Crippen MR) is 81.3 cm³/mol. The zero-order chi connectivity index (χ0) is 14.4. The van der Waals surface area contributed by atoms with E-state index in [4.69, 9.17) is 4.74 Å². The lowest BCUT2D eigenvalue weighted by atomic mass is 10.0. The highest BCUT2D eigenvalue weighted by Crippen LogP contribution is 2.31. The molecule has 0 saturated carbocycles. The van der Waals surface area contributed by atoms with Crippen molar-refractivity contribution in [3.05, 3.63) is 23.8 Å². The van der Waals surface area contributed by atoms with Gasteiger partial charge in [-0.1, -0.05) is 18.6 Å². The minimum absolute atomic E-state index is 0.295. The molecule has 1 aromatic carbocycles. The smallest absolute Gasteiger partial charge is 0.162 e. The summed E-state index contributed by atoms with van der Waals surface area (Å²) in [4.78, 5) is 2.46. The molecule has 0 aromatic heterocycles. The molecule has 0 amide bonds. The summed E-state index contributed by atoms with van der Waals surface area (Å²) in [6.07, 6.45) is 3.77. The molecule has 1 aromatic rings. The molecule has 1 aliphatic rings. The van der Waals surface area contributed by atoms with Gasteiger partial charge >= 0.3 is 0 Å². The molecule has 112 valence electrons. The minimum atomic E-state index is 0.295. The largest absolute Gasteiger partial charge is 0.504 e. The van der Waals surface area contributed by atoms with Crippen LogP contribution in [0.2, 0.25) is 0 Å². The van der Waals surface area contributed by atoms with Crippen LogP contribution in [-0.4, -0.2) is 42.8 Å². The molecule has 0 bridgehead atoms. The van der Waals surface area contributed by atoms with E-state index in [-0.39, 0.29) is 0 Å². The summed E-state index contributed by atoms with van der Waals surface area (Å²) in [5.74, 6) is 0.885. The van der Waals surface area contributed by atoms with Crippen LogP contribution in [0.3, 0.4) is 0 Å². The van der Waals surface area contributed by atoms with Crippen molar-refractivity contribution in [3.63, 3.8) is 0 Å². The number of likely N-dealkylation sites (N-methyl/N-ethyl adjacent to an activating group) is 1. The first kappa shape index (κ1) is 15.1. The second-order valence-corrected chi connectivity index (χ2v) is 5.37. The van der Waals surface area contributed by atoms with Gasteiger partial charge in [0.2, 0.25) is 0 Å². The predicted octanol–water partition coefficient (Wildman–Crippen LogP) is 2.36. The third-order valence-corrected chi connectivity index (χ3v) is 3.94. The van der Waals surface area contributed by atoms with E-state index in [0.29, 0.717) is 24.1 Å². The van der Waals surface area contributed by atoms with Crippen LogP contribution in [0.5, 0.6) is 11.5 Å². The van der Waals surface area contributed by atoms with E-state index in [2.05, 4.69) is 10.2 Å². The Morgan fingerprint density at radius 2 is 2.25 bits per heavy atom. The average molecular weight is 278 g/mol. The molecule has 1 heterocycles. The van der Waals surface area contributed by atoms with Crippen LogP contribution in [0.15, 0.2) is 18.2 Å². The molecular formula is C16H26N2O2. The summed E-state index contributed by atoms with van der Waals surface area (Å²) >= 11 is 0. The Hall–Kier alpha value is -1.26. The Morgan fingerprint density at radius 3 is 3.00 bits per heavy atom. The number of phenols is 1. The van der Waals surface area contributed by atoms with Crippen molar-refractivity contribution in [2.24, 2.45) is 0 Å². The van der Waals surface area contributed by atoms with Crippen LogP contribution in [0.1, 0.15) is 31.7 Å². The lowest BCUT2D eigenvalue weighted by Gasteiger charge is -2.35. The Labute approximate surface area is 121 Å². The van der Waals surface area contributed by atoms with Crippen LogP contribution < -0.4 is 10.1 Å². The maximum absolute atomic E-state index is 10.3. The molecule has 0 radical (unpaired) electrons.